The van der Waals surface area contributed by atoms with Crippen LogP contribution in [0.15, 0.2) is 48.5 Å². The van der Waals surface area contributed by atoms with Crippen LogP contribution in [0.1, 0.15) is 38.7 Å². The van der Waals surface area contributed by atoms with Gasteiger partial charge in [-0.1, -0.05) is 49.4 Å². The molecule has 0 aliphatic heterocycles. The zero-order valence-electron chi connectivity index (χ0n) is 17.0. The number of fused-ring (bicyclic) bond motifs is 1. The Labute approximate surface area is 184 Å². The Kier molecular flexibility index (Phi) is 7.51. The van der Waals surface area contributed by atoms with Crippen molar-refractivity contribution in [1.82, 2.24) is 15.3 Å². The van der Waals surface area contributed by atoms with Gasteiger partial charge in [-0.15, -0.1) is 0 Å². The van der Waals surface area contributed by atoms with E-state index in [1.54, 1.807) is 0 Å². The Morgan fingerprint density at radius 3 is 2.33 bits per heavy atom. The van der Waals surface area contributed by atoms with Gasteiger partial charge in [0.2, 0.25) is 5.95 Å². The third-order valence-corrected chi connectivity index (χ3v) is 5.97. The van der Waals surface area contributed by atoms with E-state index in [0.29, 0.717) is 12.1 Å². The van der Waals surface area contributed by atoms with E-state index in [9.17, 15) is 0 Å². The first kappa shape index (κ1) is 22.3. The normalized spacial score (nSPS) is 18.6. The fourth-order valence-electron chi connectivity index (χ4n) is 3.99. The molecule has 1 aliphatic carbocycles. The van der Waals surface area contributed by atoms with Crippen LogP contribution >= 0.6 is 11.6 Å². The highest BCUT2D eigenvalue weighted by Gasteiger charge is 2.22. The van der Waals surface area contributed by atoms with Crippen molar-refractivity contribution in [3.8, 4) is 0 Å². The number of rotatable bonds is 6. The number of para-hydroxylation sites is 1. The molecule has 0 radical (unpaired) electrons. The summed E-state index contributed by atoms with van der Waals surface area (Å²) in [4.78, 5) is 11.6. The maximum absolute atomic E-state index is 6.26. The lowest BCUT2D eigenvalue weighted by Crippen LogP contribution is -2.37. The summed E-state index contributed by atoms with van der Waals surface area (Å²) in [5.74, 6) is 1.67. The molecule has 0 spiro atoms. The van der Waals surface area contributed by atoms with Crippen molar-refractivity contribution in [2.75, 3.05) is 24.3 Å². The number of hydrogen-bond donors (Lipinski definition) is 2. The molecule has 2 N–H and O–H groups in total. The summed E-state index contributed by atoms with van der Waals surface area (Å²) < 4.78 is 0. The number of nitrogens with zero attached hydrogens (tertiary/aromatic N) is 3. The summed E-state index contributed by atoms with van der Waals surface area (Å²) in [5, 5.41) is 9.15. The van der Waals surface area contributed by atoms with E-state index >= 15 is 0 Å². The van der Waals surface area contributed by atoms with Crippen molar-refractivity contribution in [1.29, 1.82) is 0 Å². The molecule has 1 heterocycles. The fraction of sp³-hybridized carbons (Fsp3) is 0.417. The standard InChI is InChI=1S/C23H28ClN5.CH4/c1-29(2)22-19-8-4-6-10-21(19)27-23(28-22)26-18-13-11-17(12-14-18)25-15-16-7-3-5-9-20(16)24;/h3-10,17-18,25H,11-15H2,1-2H3,(H,26,27,28);1H4. The summed E-state index contributed by atoms with van der Waals surface area (Å²) in [6.07, 6.45) is 4.48. The number of benzene rings is 2. The molecule has 2 aromatic carbocycles. The van der Waals surface area contributed by atoms with Crippen LogP contribution in [0.5, 0.6) is 0 Å². The highest BCUT2D eigenvalue weighted by Crippen LogP contribution is 2.26. The first-order chi connectivity index (χ1) is 14.1. The van der Waals surface area contributed by atoms with E-state index < -0.39 is 0 Å². The van der Waals surface area contributed by atoms with Crippen LogP contribution in [0.3, 0.4) is 0 Å². The van der Waals surface area contributed by atoms with Crippen LogP contribution in [0, 0.1) is 0 Å². The van der Waals surface area contributed by atoms with Crippen molar-refractivity contribution < 1.29 is 0 Å². The summed E-state index contributed by atoms with van der Waals surface area (Å²) >= 11 is 6.26. The van der Waals surface area contributed by atoms with Crippen molar-refractivity contribution in [3.05, 3.63) is 59.1 Å². The first-order valence-corrected chi connectivity index (χ1v) is 10.7. The molecule has 5 nitrogen and oxygen atoms in total. The minimum Gasteiger partial charge on any atom is -0.362 e. The van der Waals surface area contributed by atoms with Gasteiger partial charge in [0.05, 0.1) is 5.52 Å². The molecule has 0 bridgehead atoms. The largest absolute Gasteiger partial charge is 0.362 e. The van der Waals surface area contributed by atoms with E-state index in [1.807, 2.05) is 55.4 Å². The van der Waals surface area contributed by atoms with Gasteiger partial charge < -0.3 is 15.5 Å². The third kappa shape index (κ3) is 5.21. The maximum Gasteiger partial charge on any atom is 0.225 e. The molecule has 0 atom stereocenters. The minimum absolute atomic E-state index is 0. The van der Waals surface area contributed by atoms with Crippen LogP contribution in [0.2, 0.25) is 5.02 Å². The first-order valence-electron chi connectivity index (χ1n) is 10.3. The van der Waals surface area contributed by atoms with Gasteiger partial charge in [-0.3, -0.25) is 0 Å². The average molecular weight is 426 g/mol. The molecule has 1 aromatic heterocycles. The lowest BCUT2D eigenvalue weighted by atomic mass is 9.91. The molecule has 1 saturated carbocycles. The fourth-order valence-corrected chi connectivity index (χ4v) is 4.19. The molecule has 4 rings (SSSR count). The van der Waals surface area contributed by atoms with Crippen LogP contribution in [-0.2, 0) is 6.54 Å². The Morgan fingerprint density at radius 1 is 0.933 bits per heavy atom. The van der Waals surface area contributed by atoms with Gasteiger partial charge in [-0.2, -0.15) is 4.98 Å². The van der Waals surface area contributed by atoms with Gasteiger partial charge in [0, 0.05) is 43.1 Å². The molecular weight excluding hydrogens is 394 g/mol. The van der Waals surface area contributed by atoms with Gasteiger partial charge in [0.15, 0.2) is 0 Å². The molecule has 0 unspecified atom stereocenters. The lowest BCUT2D eigenvalue weighted by Gasteiger charge is -2.30. The van der Waals surface area contributed by atoms with Crippen molar-refractivity contribution >= 4 is 34.3 Å². The molecule has 6 heteroatoms. The highest BCUT2D eigenvalue weighted by atomic mass is 35.5. The molecular formula is C24H32ClN5. The Morgan fingerprint density at radius 2 is 1.60 bits per heavy atom. The van der Waals surface area contributed by atoms with Gasteiger partial charge in [0.25, 0.3) is 0 Å². The second-order valence-electron chi connectivity index (χ2n) is 7.95. The summed E-state index contributed by atoms with van der Waals surface area (Å²) in [5.41, 5.74) is 2.14. The van der Waals surface area contributed by atoms with E-state index in [1.165, 1.54) is 0 Å². The molecule has 3 aromatic rings. The maximum atomic E-state index is 6.26. The molecule has 30 heavy (non-hydrogen) atoms. The SMILES string of the molecule is C.CN(C)c1nc(NC2CCC(NCc3ccccc3Cl)CC2)nc2ccccc12. The third-order valence-electron chi connectivity index (χ3n) is 5.61. The minimum atomic E-state index is 0. The van der Waals surface area contributed by atoms with Crippen molar-refractivity contribution in [2.45, 2.75) is 51.7 Å². The quantitative estimate of drug-likeness (QED) is 0.546. The zero-order chi connectivity index (χ0) is 20.2. The monoisotopic (exact) mass is 425 g/mol. The van der Waals surface area contributed by atoms with Crippen LogP contribution in [0.4, 0.5) is 11.8 Å². The predicted octanol–water partition coefficient (Wildman–Crippen LogP) is 5.50. The van der Waals surface area contributed by atoms with Gasteiger partial charge in [-0.05, 0) is 49.4 Å². The van der Waals surface area contributed by atoms with E-state index in [-0.39, 0.29) is 7.43 Å². The van der Waals surface area contributed by atoms with Crippen LogP contribution < -0.4 is 15.5 Å². The van der Waals surface area contributed by atoms with Crippen molar-refractivity contribution in [2.24, 2.45) is 0 Å². The smallest absolute Gasteiger partial charge is 0.225 e. The van der Waals surface area contributed by atoms with E-state index in [4.69, 9.17) is 21.6 Å². The molecule has 1 aliphatic rings. The second kappa shape index (κ2) is 10.1. The summed E-state index contributed by atoms with van der Waals surface area (Å²) in [7, 11) is 4.04. The number of aromatic nitrogens is 2. The molecule has 0 amide bonds. The van der Waals surface area contributed by atoms with Gasteiger partial charge >= 0.3 is 0 Å². The number of hydrogen-bond acceptors (Lipinski definition) is 5. The number of nitrogens with one attached hydrogen (secondary N) is 2. The molecule has 160 valence electrons. The zero-order valence-corrected chi connectivity index (χ0v) is 17.8. The highest BCUT2D eigenvalue weighted by molar-refractivity contribution is 6.31. The number of halogens is 1. The van der Waals surface area contributed by atoms with Crippen LogP contribution in [-0.4, -0.2) is 36.1 Å². The Hall–Kier alpha value is -2.37. The Bertz CT molecular complexity index is 967. The second-order valence-corrected chi connectivity index (χ2v) is 8.35. The van der Waals surface area contributed by atoms with E-state index in [2.05, 4.69) is 22.8 Å². The topological polar surface area (TPSA) is 53.1 Å². The van der Waals surface area contributed by atoms with Crippen molar-refractivity contribution in [3.63, 3.8) is 0 Å². The Balaban J connectivity index is 0.00000256. The number of anilines is 2. The average Bonchev–Trinajstić information content (AvgIpc) is 2.73. The summed E-state index contributed by atoms with van der Waals surface area (Å²) in [6.45, 7) is 0.822. The summed E-state index contributed by atoms with van der Waals surface area (Å²) in [6, 6.07) is 17.1. The lowest BCUT2D eigenvalue weighted by molar-refractivity contribution is 0.352. The molecule has 1 fully saturated rings. The predicted molar refractivity (Wildman–Crippen MR) is 129 cm³/mol. The van der Waals surface area contributed by atoms with E-state index in [0.717, 1.165) is 65.5 Å². The molecule has 0 saturated heterocycles. The van der Waals surface area contributed by atoms with Gasteiger partial charge in [-0.25, -0.2) is 4.98 Å². The van der Waals surface area contributed by atoms with Crippen LogP contribution in [0.25, 0.3) is 10.9 Å². The van der Waals surface area contributed by atoms with Gasteiger partial charge in [0.1, 0.15) is 5.82 Å².